The van der Waals surface area contributed by atoms with Crippen molar-refractivity contribution in [3.63, 3.8) is 0 Å². The van der Waals surface area contributed by atoms with Gasteiger partial charge in [-0.15, -0.1) is 0 Å². The van der Waals surface area contributed by atoms with Crippen LogP contribution in [0.15, 0.2) is 23.3 Å². The lowest BCUT2D eigenvalue weighted by atomic mass is 9.60. The topological polar surface area (TPSA) is 0 Å². The van der Waals surface area contributed by atoms with E-state index in [4.69, 9.17) is 12.6 Å². The van der Waals surface area contributed by atoms with Crippen LogP contribution in [-0.4, -0.2) is 5.25 Å². The number of hydrogen-bond donors (Lipinski definition) is 1. The standard InChI is InChI=1S/C20H32S/c1-6-16-9-17-12-20(8-7-13(2)15(17)4)10-14(3)18(21)19(20,5)11-16/h9-10,13,15,17-18,21H,6-8,11-12H2,1-5H3. The zero-order chi connectivity index (χ0) is 15.4. The molecule has 0 radical (unpaired) electrons. The first-order valence-corrected chi connectivity index (χ1v) is 9.41. The fraction of sp³-hybridized carbons (Fsp3) is 0.800. The smallest absolute Gasteiger partial charge is 0.0288 e. The maximum Gasteiger partial charge on any atom is 0.0288 e. The second-order valence-electron chi connectivity index (χ2n) is 8.46. The minimum absolute atomic E-state index is 0.320. The molecular weight excluding hydrogens is 272 g/mol. The van der Waals surface area contributed by atoms with Crippen LogP contribution in [-0.2, 0) is 0 Å². The highest BCUT2D eigenvalue weighted by molar-refractivity contribution is 7.81. The highest BCUT2D eigenvalue weighted by Crippen LogP contribution is 2.65. The highest BCUT2D eigenvalue weighted by Gasteiger charge is 2.57. The number of hydrogen-bond acceptors (Lipinski definition) is 1. The van der Waals surface area contributed by atoms with Crippen molar-refractivity contribution in [3.05, 3.63) is 23.3 Å². The molecule has 3 rings (SSSR count). The van der Waals surface area contributed by atoms with Gasteiger partial charge in [0.1, 0.15) is 0 Å². The second-order valence-corrected chi connectivity index (χ2v) is 8.98. The minimum Gasteiger partial charge on any atom is -0.171 e. The van der Waals surface area contributed by atoms with Gasteiger partial charge in [-0.25, -0.2) is 0 Å². The summed E-state index contributed by atoms with van der Waals surface area (Å²) in [6, 6.07) is 0. The number of thiol groups is 1. The number of allylic oxidation sites excluding steroid dienone is 3. The molecule has 0 aromatic carbocycles. The van der Waals surface area contributed by atoms with E-state index in [0.717, 1.165) is 17.8 Å². The third-order valence-corrected chi connectivity index (χ3v) is 8.37. The first-order valence-electron chi connectivity index (χ1n) is 8.90. The van der Waals surface area contributed by atoms with Gasteiger partial charge in [-0.3, -0.25) is 0 Å². The Morgan fingerprint density at radius 3 is 2.71 bits per heavy atom. The summed E-state index contributed by atoms with van der Waals surface area (Å²) in [5, 5.41) is 0.440. The van der Waals surface area contributed by atoms with E-state index in [1.807, 2.05) is 0 Å². The highest BCUT2D eigenvalue weighted by atomic mass is 32.1. The van der Waals surface area contributed by atoms with Crippen LogP contribution in [0, 0.1) is 28.6 Å². The van der Waals surface area contributed by atoms with Crippen LogP contribution in [0.4, 0.5) is 0 Å². The molecule has 1 heteroatoms. The van der Waals surface area contributed by atoms with Crippen LogP contribution < -0.4 is 0 Å². The Bertz CT molecular complexity index is 488. The maximum absolute atomic E-state index is 5.07. The van der Waals surface area contributed by atoms with Gasteiger partial charge in [-0.1, -0.05) is 51.0 Å². The Labute approximate surface area is 136 Å². The molecule has 1 saturated carbocycles. The fourth-order valence-electron chi connectivity index (χ4n) is 5.54. The van der Waals surface area contributed by atoms with Crippen molar-refractivity contribution < 1.29 is 0 Å². The van der Waals surface area contributed by atoms with Gasteiger partial charge in [0.15, 0.2) is 0 Å². The van der Waals surface area contributed by atoms with Crippen LogP contribution in [0.3, 0.4) is 0 Å². The van der Waals surface area contributed by atoms with Gasteiger partial charge < -0.3 is 0 Å². The molecule has 1 spiro atoms. The Hall–Kier alpha value is -0.170. The largest absolute Gasteiger partial charge is 0.171 e. The summed E-state index contributed by atoms with van der Waals surface area (Å²) < 4.78 is 0. The summed E-state index contributed by atoms with van der Waals surface area (Å²) >= 11 is 5.07. The molecule has 6 atom stereocenters. The van der Waals surface area contributed by atoms with Gasteiger partial charge in [0.25, 0.3) is 0 Å². The average Bonchev–Trinajstić information content (AvgIpc) is 2.59. The molecule has 3 aliphatic rings. The second kappa shape index (κ2) is 5.18. The van der Waals surface area contributed by atoms with Gasteiger partial charge in [0.05, 0.1) is 0 Å². The van der Waals surface area contributed by atoms with Crippen LogP contribution in [0.25, 0.3) is 0 Å². The monoisotopic (exact) mass is 304 g/mol. The molecule has 0 amide bonds. The molecule has 1 fully saturated rings. The molecule has 0 heterocycles. The molecule has 0 aromatic heterocycles. The van der Waals surface area contributed by atoms with E-state index in [1.165, 1.54) is 37.7 Å². The van der Waals surface area contributed by atoms with Crippen molar-refractivity contribution in [2.45, 2.75) is 72.0 Å². The van der Waals surface area contributed by atoms with Crippen molar-refractivity contribution in [2.24, 2.45) is 28.6 Å². The molecule has 21 heavy (non-hydrogen) atoms. The van der Waals surface area contributed by atoms with Gasteiger partial charge in [0.2, 0.25) is 0 Å². The van der Waals surface area contributed by atoms with Crippen LogP contribution in [0.2, 0.25) is 0 Å². The maximum atomic E-state index is 5.07. The molecule has 0 N–H and O–H groups in total. The van der Waals surface area contributed by atoms with E-state index in [-0.39, 0.29) is 0 Å². The van der Waals surface area contributed by atoms with E-state index >= 15 is 0 Å². The molecule has 3 aliphatic carbocycles. The van der Waals surface area contributed by atoms with Gasteiger partial charge in [-0.2, -0.15) is 12.6 Å². The Morgan fingerprint density at radius 2 is 2.05 bits per heavy atom. The Kier molecular flexibility index (Phi) is 3.88. The lowest BCUT2D eigenvalue weighted by Gasteiger charge is -2.46. The normalized spacial score (nSPS) is 49.8. The van der Waals surface area contributed by atoms with E-state index in [2.05, 4.69) is 46.8 Å². The lowest BCUT2D eigenvalue weighted by Crippen LogP contribution is -2.41. The summed E-state index contributed by atoms with van der Waals surface area (Å²) in [5.41, 5.74) is 3.92. The Balaban J connectivity index is 2.12. The van der Waals surface area contributed by atoms with E-state index in [0.29, 0.717) is 16.1 Å². The zero-order valence-corrected chi connectivity index (χ0v) is 15.3. The predicted octanol–water partition coefficient (Wildman–Crippen LogP) is 6.05. The third-order valence-electron chi connectivity index (χ3n) is 7.39. The summed E-state index contributed by atoms with van der Waals surface area (Å²) in [6.45, 7) is 12.1. The number of rotatable bonds is 1. The molecular formula is C20H32S. The van der Waals surface area contributed by atoms with Crippen molar-refractivity contribution in [2.75, 3.05) is 0 Å². The zero-order valence-electron chi connectivity index (χ0n) is 14.4. The van der Waals surface area contributed by atoms with Crippen molar-refractivity contribution >= 4 is 12.6 Å². The quantitative estimate of drug-likeness (QED) is 0.442. The molecule has 0 aromatic rings. The van der Waals surface area contributed by atoms with Crippen LogP contribution in [0.1, 0.15) is 66.7 Å². The van der Waals surface area contributed by atoms with Gasteiger partial charge in [0, 0.05) is 5.25 Å². The summed E-state index contributed by atoms with van der Waals surface area (Å²) in [6.07, 6.45) is 11.9. The summed E-state index contributed by atoms with van der Waals surface area (Å²) in [4.78, 5) is 0. The molecule has 6 unspecified atom stereocenters. The van der Waals surface area contributed by atoms with Crippen LogP contribution in [0.5, 0.6) is 0 Å². The van der Waals surface area contributed by atoms with Gasteiger partial charge >= 0.3 is 0 Å². The van der Waals surface area contributed by atoms with E-state index in [1.54, 1.807) is 5.57 Å². The van der Waals surface area contributed by atoms with Crippen molar-refractivity contribution in [1.29, 1.82) is 0 Å². The molecule has 0 aliphatic heterocycles. The van der Waals surface area contributed by atoms with Crippen molar-refractivity contribution in [3.8, 4) is 0 Å². The van der Waals surface area contributed by atoms with E-state index < -0.39 is 0 Å². The lowest BCUT2D eigenvalue weighted by molar-refractivity contribution is 0.101. The predicted molar refractivity (Wildman–Crippen MR) is 95.7 cm³/mol. The average molecular weight is 305 g/mol. The fourth-order valence-corrected chi connectivity index (χ4v) is 5.97. The Morgan fingerprint density at radius 1 is 1.33 bits per heavy atom. The van der Waals surface area contributed by atoms with E-state index in [9.17, 15) is 0 Å². The van der Waals surface area contributed by atoms with Gasteiger partial charge in [-0.05, 0) is 67.6 Å². The first kappa shape index (κ1) is 15.7. The number of fused-ring (bicyclic) bond motifs is 1. The van der Waals surface area contributed by atoms with Crippen LogP contribution >= 0.6 is 12.6 Å². The SMILES string of the molecule is CCC1=CC2CC3(C=C(C)C(S)C3(C)C1)CCC(C)C2C. The summed E-state index contributed by atoms with van der Waals surface area (Å²) in [5.74, 6) is 2.43. The molecule has 0 saturated heterocycles. The third kappa shape index (κ3) is 2.18. The molecule has 118 valence electrons. The molecule has 0 nitrogen and oxygen atoms in total. The first-order chi connectivity index (χ1) is 9.83. The summed E-state index contributed by atoms with van der Waals surface area (Å²) in [7, 11) is 0. The minimum atomic E-state index is 0.320. The molecule has 2 bridgehead atoms. The van der Waals surface area contributed by atoms with Crippen molar-refractivity contribution in [1.82, 2.24) is 0 Å².